The maximum Gasteiger partial charge on any atom is 0.532 e. The Balaban J connectivity index is 2.18. The molecule has 1 fully saturated rings. The summed E-state index contributed by atoms with van der Waals surface area (Å²) in [6.07, 6.45) is -1.13. The summed E-state index contributed by atoms with van der Waals surface area (Å²) in [5.74, 6) is 0.429. The molecule has 108 valence electrons. The molecule has 1 N–H and O–H groups in total. The van der Waals surface area contributed by atoms with Gasteiger partial charge in [0, 0.05) is 13.1 Å². The molecule has 1 saturated heterocycles. The number of nitrogens with zero attached hydrogens (tertiary/aromatic N) is 1. The Labute approximate surface area is 117 Å². The van der Waals surface area contributed by atoms with Crippen LogP contribution in [0.5, 0.6) is 5.75 Å². The lowest BCUT2D eigenvalue weighted by molar-refractivity contribution is -0.786. The van der Waals surface area contributed by atoms with Gasteiger partial charge in [0.05, 0.1) is 6.61 Å². The predicted octanol–water partition coefficient (Wildman–Crippen LogP) is 1.76. The van der Waals surface area contributed by atoms with Gasteiger partial charge in [0.1, 0.15) is 18.8 Å². The molecule has 0 atom stereocenters. The SMILES string of the molecule is CCOC(=O)[N+]1(C(=O)Oc2ccccc2)CCNCC1. The van der Waals surface area contributed by atoms with Gasteiger partial charge in [-0.05, 0) is 19.1 Å². The van der Waals surface area contributed by atoms with Crippen molar-refractivity contribution in [1.29, 1.82) is 0 Å². The summed E-state index contributed by atoms with van der Waals surface area (Å²) in [7, 11) is 0. The smallest absolute Gasteiger partial charge is 0.420 e. The first-order valence-electron chi connectivity index (χ1n) is 6.71. The summed E-state index contributed by atoms with van der Waals surface area (Å²) in [5, 5.41) is 3.12. The van der Waals surface area contributed by atoms with Gasteiger partial charge in [0.15, 0.2) is 0 Å². The summed E-state index contributed by atoms with van der Waals surface area (Å²) < 4.78 is 9.96. The number of amides is 2. The zero-order chi connectivity index (χ0) is 14.4. The molecule has 2 amide bonds. The standard InChI is InChI=1S/C14H19N2O4/c1-2-19-13(17)16(10-8-15-9-11-16)14(18)20-12-6-4-3-5-7-12/h3-7,15H,2,8-11H2,1H3/q+1. The minimum atomic E-state index is -0.587. The lowest BCUT2D eigenvalue weighted by Gasteiger charge is -2.33. The molecule has 1 aromatic rings. The van der Waals surface area contributed by atoms with Crippen LogP contribution in [-0.4, -0.2) is 49.5 Å². The van der Waals surface area contributed by atoms with Crippen molar-refractivity contribution in [2.75, 3.05) is 32.8 Å². The van der Waals surface area contributed by atoms with E-state index in [0.717, 1.165) is 0 Å². The van der Waals surface area contributed by atoms with E-state index in [9.17, 15) is 9.59 Å². The van der Waals surface area contributed by atoms with Crippen LogP contribution in [0.1, 0.15) is 6.92 Å². The molecule has 0 spiro atoms. The van der Waals surface area contributed by atoms with Crippen LogP contribution in [0.2, 0.25) is 0 Å². The second-order valence-corrected chi connectivity index (χ2v) is 4.55. The van der Waals surface area contributed by atoms with Gasteiger partial charge in [-0.25, -0.2) is 0 Å². The predicted molar refractivity (Wildman–Crippen MR) is 72.4 cm³/mol. The fraction of sp³-hybridized carbons (Fsp3) is 0.429. The molecule has 1 heterocycles. The van der Waals surface area contributed by atoms with E-state index in [4.69, 9.17) is 9.47 Å². The van der Waals surface area contributed by atoms with Crippen molar-refractivity contribution in [3.05, 3.63) is 30.3 Å². The Hall–Kier alpha value is -1.92. The molecule has 20 heavy (non-hydrogen) atoms. The van der Waals surface area contributed by atoms with E-state index >= 15 is 0 Å². The summed E-state index contributed by atoms with van der Waals surface area (Å²) in [4.78, 5) is 24.6. The quantitative estimate of drug-likeness (QED) is 0.836. The third kappa shape index (κ3) is 2.97. The highest BCUT2D eigenvalue weighted by Gasteiger charge is 2.49. The van der Waals surface area contributed by atoms with Crippen LogP contribution in [-0.2, 0) is 4.74 Å². The molecule has 2 rings (SSSR count). The molecule has 1 aliphatic rings. The summed E-state index contributed by atoms with van der Waals surface area (Å²) in [5.41, 5.74) is 0. The number of quaternary nitrogens is 1. The summed E-state index contributed by atoms with van der Waals surface area (Å²) >= 11 is 0. The van der Waals surface area contributed by atoms with E-state index in [1.165, 1.54) is 0 Å². The number of benzene rings is 1. The van der Waals surface area contributed by atoms with E-state index in [2.05, 4.69) is 5.32 Å². The van der Waals surface area contributed by atoms with Crippen LogP contribution >= 0.6 is 0 Å². The van der Waals surface area contributed by atoms with E-state index in [-0.39, 0.29) is 6.61 Å². The first kappa shape index (κ1) is 14.5. The highest BCUT2D eigenvalue weighted by molar-refractivity contribution is 5.77. The average molecular weight is 279 g/mol. The number of hydrogen-bond acceptors (Lipinski definition) is 5. The number of piperazine rings is 1. The van der Waals surface area contributed by atoms with Crippen molar-refractivity contribution in [1.82, 2.24) is 5.32 Å². The van der Waals surface area contributed by atoms with E-state index in [0.29, 0.717) is 31.9 Å². The van der Waals surface area contributed by atoms with E-state index in [1.54, 1.807) is 31.2 Å². The van der Waals surface area contributed by atoms with Crippen molar-refractivity contribution in [2.24, 2.45) is 0 Å². The van der Waals surface area contributed by atoms with Crippen molar-refractivity contribution in [2.45, 2.75) is 6.92 Å². The minimum absolute atomic E-state index is 0.241. The molecule has 1 aliphatic heterocycles. The van der Waals surface area contributed by atoms with Crippen molar-refractivity contribution >= 4 is 12.2 Å². The number of rotatable bonds is 2. The lowest BCUT2D eigenvalue weighted by Crippen LogP contribution is -2.65. The number of ether oxygens (including phenoxy) is 2. The molecule has 0 bridgehead atoms. The molecule has 0 aromatic heterocycles. The maximum atomic E-state index is 12.4. The second-order valence-electron chi connectivity index (χ2n) is 4.55. The van der Waals surface area contributed by atoms with Gasteiger partial charge in [-0.3, -0.25) is 0 Å². The Morgan fingerprint density at radius 1 is 1.15 bits per heavy atom. The molecule has 0 unspecified atom stereocenters. The molecule has 1 aromatic carbocycles. The van der Waals surface area contributed by atoms with Gasteiger partial charge >= 0.3 is 12.2 Å². The zero-order valence-electron chi connectivity index (χ0n) is 11.5. The fourth-order valence-electron chi connectivity index (χ4n) is 2.14. The van der Waals surface area contributed by atoms with Gasteiger partial charge in [-0.1, -0.05) is 18.2 Å². The van der Waals surface area contributed by atoms with Crippen LogP contribution in [0.15, 0.2) is 30.3 Å². The molecule has 0 saturated carbocycles. The Bertz CT molecular complexity index is 469. The van der Waals surface area contributed by atoms with Crippen LogP contribution in [0.3, 0.4) is 0 Å². The largest absolute Gasteiger partial charge is 0.532 e. The van der Waals surface area contributed by atoms with Crippen LogP contribution in [0.25, 0.3) is 0 Å². The number of imide groups is 1. The third-order valence-corrected chi connectivity index (χ3v) is 3.26. The van der Waals surface area contributed by atoms with Gasteiger partial charge in [-0.15, -0.1) is 4.48 Å². The molecule has 0 radical (unpaired) electrons. The first-order valence-corrected chi connectivity index (χ1v) is 6.71. The number of nitrogens with one attached hydrogen (secondary N) is 1. The number of hydrogen-bond donors (Lipinski definition) is 1. The highest BCUT2D eigenvalue weighted by Crippen LogP contribution is 2.18. The lowest BCUT2D eigenvalue weighted by atomic mass is 10.3. The van der Waals surface area contributed by atoms with Crippen molar-refractivity contribution in [3.63, 3.8) is 0 Å². The van der Waals surface area contributed by atoms with Gasteiger partial charge in [0.25, 0.3) is 0 Å². The number of para-hydroxylation sites is 1. The summed E-state index contributed by atoms with van der Waals surface area (Å²) in [6.45, 7) is 3.78. The van der Waals surface area contributed by atoms with Crippen LogP contribution in [0, 0.1) is 0 Å². The maximum absolute atomic E-state index is 12.4. The topological polar surface area (TPSA) is 64.6 Å². The molecule has 6 heteroatoms. The third-order valence-electron chi connectivity index (χ3n) is 3.26. The Kier molecular flexibility index (Phi) is 4.70. The average Bonchev–Trinajstić information content (AvgIpc) is 2.49. The number of carbonyl (C=O) groups excluding carboxylic acids is 2. The Morgan fingerprint density at radius 2 is 1.80 bits per heavy atom. The summed E-state index contributed by atoms with van der Waals surface area (Å²) in [6, 6.07) is 8.74. The first-order chi connectivity index (χ1) is 9.69. The minimum Gasteiger partial charge on any atom is -0.420 e. The fourth-order valence-corrected chi connectivity index (χ4v) is 2.14. The Morgan fingerprint density at radius 3 is 2.40 bits per heavy atom. The highest BCUT2D eigenvalue weighted by atomic mass is 16.6. The molecule has 0 aliphatic carbocycles. The molecule has 6 nitrogen and oxygen atoms in total. The molecular weight excluding hydrogens is 260 g/mol. The van der Waals surface area contributed by atoms with Crippen molar-refractivity contribution < 1.29 is 23.5 Å². The normalized spacial score (nSPS) is 17.2. The monoisotopic (exact) mass is 279 g/mol. The number of carbonyl (C=O) groups is 2. The molecular formula is C14H19N2O4+. The second kappa shape index (κ2) is 6.49. The van der Waals surface area contributed by atoms with E-state index < -0.39 is 16.7 Å². The van der Waals surface area contributed by atoms with Gasteiger partial charge in [-0.2, -0.15) is 9.59 Å². The van der Waals surface area contributed by atoms with Crippen molar-refractivity contribution in [3.8, 4) is 5.75 Å². The van der Waals surface area contributed by atoms with Gasteiger partial charge in [0.2, 0.25) is 0 Å². The van der Waals surface area contributed by atoms with Gasteiger partial charge < -0.3 is 14.8 Å². The zero-order valence-corrected chi connectivity index (χ0v) is 11.5. The van der Waals surface area contributed by atoms with Crippen LogP contribution in [0.4, 0.5) is 9.59 Å². The van der Waals surface area contributed by atoms with E-state index in [1.807, 2.05) is 6.07 Å². The van der Waals surface area contributed by atoms with Crippen LogP contribution < -0.4 is 10.1 Å².